The molecule has 0 atom stereocenters. The fourth-order valence-electron chi connectivity index (χ4n) is 2.29. The molecule has 0 fully saturated rings. The lowest BCUT2D eigenvalue weighted by Gasteiger charge is -2.32. The first kappa shape index (κ1) is 14.5. The van der Waals surface area contributed by atoms with Crippen molar-refractivity contribution in [2.45, 2.75) is 0 Å². The highest BCUT2D eigenvalue weighted by atomic mass is 35.5. The van der Waals surface area contributed by atoms with Gasteiger partial charge in [-0.3, -0.25) is 10.4 Å². The molecule has 114 valence electrons. The van der Waals surface area contributed by atoms with Crippen molar-refractivity contribution in [3.8, 4) is 5.75 Å². The predicted molar refractivity (Wildman–Crippen MR) is 85.7 cm³/mol. The summed E-state index contributed by atoms with van der Waals surface area (Å²) in [5.74, 6) is 0.338. The fourth-order valence-corrected chi connectivity index (χ4v) is 2.48. The van der Waals surface area contributed by atoms with E-state index in [0.29, 0.717) is 29.5 Å². The highest BCUT2D eigenvalue weighted by molar-refractivity contribution is 6.30. The van der Waals surface area contributed by atoms with Gasteiger partial charge >= 0.3 is 5.97 Å². The number of fused-ring (bicyclic) bond motifs is 1. The van der Waals surface area contributed by atoms with Crippen LogP contribution in [0.3, 0.4) is 0 Å². The molecular weight excluding hydrogens is 304 g/mol. The van der Waals surface area contributed by atoms with E-state index in [1.54, 1.807) is 18.2 Å². The number of nitrogens with zero attached hydrogens (tertiary/aromatic N) is 1. The summed E-state index contributed by atoms with van der Waals surface area (Å²) in [4.78, 5) is 11.7. The number of hydrogen-bond donors (Lipinski definition) is 1. The maximum absolute atomic E-state index is 11.7. The Labute approximate surface area is 133 Å². The van der Waals surface area contributed by atoms with Gasteiger partial charge in [0.25, 0.3) is 0 Å². The molecule has 0 unspecified atom stereocenters. The van der Waals surface area contributed by atoms with Crippen molar-refractivity contribution in [3.05, 3.63) is 53.1 Å². The molecule has 0 spiro atoms. The monoisotopic (exact) mass is 318 g/mol. The molecule has 1 aliphatic rings. The van der Waals surface area contributed by atoms with Crippen molar-refractivity contribution in [1.82, 2.24) is 0 Å². The van der Waals surface area contributed by atoms with Crippen LogP contribution in [0.25, 0.3) is 0 Å². The quantitative estimate of drug-likeness (QED) is 0.880. The normalized spacial score (nSPS) is 13.1. The van der Waals surface area contributed by atoms with E-state index >= 15 is 0 Å². The van der Waals surface area contributed by atoms with E-state index < -0.39 is 0 Å². The van der Waals surface area contributed by atoms with Gasteiger partial charge < -0.3 is 9.47 Å². The molecule has 3 rings (SSSR count). The molecule has 0 bridgehead atoms. The average molecular weight is 319 g/mol. The van der Waals surface area contributed by atoms with Crippen LogP contribution in [0, 0.1) is 0 Å². The van der Waals surface area contributed by atoms with Crippen LogP contribution in [0.4, 0.5) is 11.4 Å². The number of anilines is 2. The Hall–Kier alpha value is -2.40. The van der Waals surface area contributed by atoms with Crippen molar-refractivity contribution in [2.24, 2.45) is 0 Å². The van der Waals surface area contributed by atoms with Gasteiger partial charge in [0.2, 0.25) is 0 Å². The molecule has 0 aromatic heterocycles. The van der Waals surface area contributed by atoms with Crippen LogP contribution in [0.15, 0.2) is 42.5 Å². The Morgan fingerprint density at radius 3 is 2.95 bits per heavy atom. The molecule has 1 N–H and O–H groups in total. The number of hydrogen-bond acceptors (Lipinski definition) is 5. The molecule has 1 aliphatic heterocycles. The molecule has 0 saturated carbocycles. The van der Waals surface area contributed by atoms with Gasteiger partial charge in [-0.15, -0.1) is 0 Å². The summed E-state index contributed by atoms with van der Waals surface area (Å²) in [5, 5.41) is 2.58. The zero-order valence-corrected chi connectivity index (χ0v) is 12.8. The molecule has 0 radical (unpaired) electrons. The number of benzene rings is 2. The number of hydrazine groups is 1. The molecular formula is C16H15ClN2O3. The lowest BCUT2D eigenvalue weighted by atomic mass is 10.1. The number of carbonyl (C=O) groups is 1. The number of rotatable bonds is 3. The average Bonchev–Trinajstić information content (AvgIpc) is 2.54. The van der Waals surface area contributed by atoms with E-state index in [4.69, 9.17) is 21.1 Å². The fraction of sp³-hybridized carbons (Fsp3) is 0.188. The predicted octanol–water partition coefficient (Wildman–Crippen LogP) is 3.35. The standard InChI is InChI=1S/C16H15ClN2O3/c1-21-16(20)11-5-6-15-14(9-11)19(7-8-22-15)18-13-4-2-3-12(17)10-13/h2-6,9-10,18H,7-8H2,1H3. The summed E-state index contributed by atoms with van der Waals surface area (Å²) in [7, 11) is 1.36. The van der Waals surface area contributed by atoms with Crippen molar-refractivity contribution in [2.75, 3.05) is 30.7 Å². The summed E-state index contributed by atoms with van der Waals surface area (Å²) >= 11 is 6.00. The van der Waals surface area contributed by atoms with Gasteiger partial charge in [0.15, 0.2) is 0 Å². The Bertz CT molecular complexity index is 706. The number of esters is 1. The number of carbonyl (C=O) groups excluding carboxylic acids is 1. The van der Waals surface area contributed by atoms with Gasteiger partial charge in [-0.2, -0.15) is 0 Å². The van der Waals surface area contributed by atoms with Crippen molar-refractivity contribution in [1.29, 1.82) is 0 Å². The van der Waals surface area contributed by atoms with Crippen molar-refractivity contribution < 1.29 is 14.3 Å². The summed E-state index contributed by atoms with van der Waals surface area (Å²) < 4.78 is 10.4. The second kappa shape index (κ2) is 6.15. The highest BCUT2D eigenvalue weighted by Crippen LogP contribution is 2.33. The molecule has 2 aromatic rings. The van der Waals surface area contributed by atoms with Gasteiger partial charge in [-0.05, 0) is 36.4 Å². The van der Waals surface area contributed by atoms with Gasteiger partial charge in [-0.1, -0.05) is 17.7 Å². The highest BCUT2D eigenvalue weighted by Gasteiger charge is 2.20. The third kappa shape index (κ3) is 2.94. The molecule has 5 nitrogen and oxygen atoms in total. The first-order valence-corrected chi connectivity index (χ1v) is 7.20. The Morgan fingerprint density at radius 1 is 1.32 bits per heavy atom. The molecule has 2 aromatic carbocycles. The van der Waals surface area contributed by atoms with Crippen LogP contribution < -0.4 is 15.2 Å². The van der Waals surface area contributed by atoms with Gasteiger partial charge in [0.1, 0.15) is 18.0 Å². The van der Waals surface area contributed by atoms with Gasteiger partial charge in [-0.25, -0.2) is 4.79 Å². The smallest absolute Gasteiger partial charge is 0.337 e. The lowest BCUT2D eigenvalue weighted by Crippen LogP contribution is -2.37. The van der Waals surface area contributed by atoms with Crippen LogP contribution in [0.5, 0.6) is 5.75 Å². The minimum absolute atomic E-state index is 0.379. The van der Waals surface area contributed by atoms with E-state index in [2.05, 4.69) is 5.43 Å². The third-order valence-corrected chi connectivity index (χ3v) is 3.57. The van der Waals surface area contributed by atoms with Crippen molar-refractivity contribution in [3.63, 3.8) is 0 Å². The van der Waals surface area contributed by atoms with Crippen LogP contribution in [0.2, 0.25) is 5.02 Å². The Morgan fingerprint density at radius 2 is 2.18 bits per heavy atom. The van der Waals surface area contributed by atoms with E-state index in [1.807, 2.05) is 29.3 Å². The van der Waals surface area contributed by atoms with E-state index in [9.17, 15) is 4.79 Å². The molecule has 0 amide bonds. The van der Waals surface area contributed by atoms with E-state index in [-0.39, 0.29) is 5.97 Å². The number of ether oxygens (including phenoxy) is 2. The Balaban J connectivity index is 1.91. The van der Waals surface area contributed by atoms with Crippen LogP contribution >= 0.6 is 11.6 Å². The zero-order valence-electron chi connectivity index (χ0n) is 12.0. The largest absolute Gasteiger partial charge is 0.489 e. The number of nitrogens with one attached hydrogen (secondary N) is 1. The summed E-state index contributed by atoms with van der Waals surface area (Å²) in [6.45, 7) is 1.20. The SMILES string of the molecule is COC(=O)c1ccc2c(c1)N(Nc1cccc(Cl)c1)CCO2. The maximum Gasteiger partial charge on any atom is 0.337 e. The Kier molecular flexibility index (Phi) is 4.06. The second-order valence-corrected chi connectivity index (χ2v) is 5.23. The zero-order chi connectivity index (χ0) is 15.5. The minimum atomic E-state index is -0.379. The lowest BCUT2D eigenvalue weighted by molar-refractivity contribution is 0.0600. The summed E-state index contributed by atoms with van der Waals surface area (Å²) in [5.41, 5.74) is 5.41. The van der Waals surface area contributed by atoms with Crippen LogP contribution in [0.1, 0.15) is 10.4 Å². The first-order valence-electron chi connectivity index (χ1n) is 6.82. The third-order valence-electron chi connectivity index (χ3n) is 3.33. The summed E-state index contributed by atoms with van der Waals surface area (Å²) in [6.07, 6.45) is 0. The molecule has 0 aliphatic carbocycles. The van der Waals surface area contributed by atoms with Crippen LogP contribution in [-0.2, 0) is 4.74 Å². The number of halogens is 1. The topological polar surface area (TPSA) is 50.8 Å². The minimum Gasteiger partial charge on any atom is -0.489 e. The van der Waals surface area contributed by atoms with Crippen LogP contribution in [-0.4, -0.2) is 26.2 Å². The molecule has 6 heteroatoms. The van der Waals surface area contributed by atoms with E-state index in [1.165, 1.54) is 7.11 Å². The molecule has 1 heterocycles. The molecule has 22 heavy (non-hydrogen) atoms. The van der Waals surface area contributed by atoms with Gasteiger partial charge in [0.05, 0.1) is 24.9 Å². The first-order chi connectivity index (χ1) is 10.7. The van der Waals surface area contributed by atoms with E-state index in [0.717, 1.165) is 11.4 Å². The maximum atomic E-state index is 11.7. The number of methoxy groups -OCH3 is 1. The second-order valence-electron chi connectivity index (χ2n) is 4.80. The summed E-state index contributed by atoms with van der Waals surface area (Å²) in [6, 6.07) is 12.6. The molecule has 0 saturated heterocycles. The van der Waals surface area contributed by atoms with Crippen molar-refractivity contribution >= 4 is 28.9 Å². The van der Waals surface area contributed by atoms with Gasteiger partial charge in [0, 0.05) is 5.02 Å².